The van der Waals surface area contributed by atoms with Gasteiger partial charge in [0.15, 0.2) is 0 Å². The number of anilines is 1. The maximum absolute atomic E-state index is 12.5. The van der Waals surface area contributed by atoms with Crippen LogP contribution in [0, 0.1) is 0 Å². The van der Waals surface area contributed by atoms with Gasteiger partial charge in [-0.25, -0.2) is 8.42 Å². The number of nitrogens with two attached hydrogens (primary N) is 1. The van der Waals surface area contributed by atoms with Crippen molar-refractivity contribution in [3.05, 3.63) is 57.5 Å². The van der Waals surface area contributed by atoms with E-state index in [2.05, 4.69) is 15.9 Å². The van der Waals surface area contributed by atoms with E-state index in [1.54, 1.807) is 30.3 Å². The minimum Gasteiger partial charge on any atom is -0.398 e. The predicted octanol–water partition coefficient (Wildman–Crippen LogP) is 3.51. The highest BCUT2D eigenvalue weighted by atomic mass is 79.9. The third-order valence-electron chi connectivity index (χ3n) is 3.00. The second kappa shape index (κ2) is 6.36. The fourth-order valence-electron chi connectivity index (χ4n) is 1.78. The average Bonchev–Trinajstić information content (AvgIpc) is 2.44. The summed E-state index contributed by atoms with van der Waals surface area (Å²) in [5.74, 6) is 0. The van der Waals surface area contributed by atoms with Crippen molar-refractivity contribution in [3.8, 4) is 0 Å². The van der Waals surface area contributed by atoms with Gasteiger partial charge in [0.1, 0.15) is 0 Å². The predicted molar refractivity (Wildman–Crippen MR) is 88.7 cm³/mol. The van der Waals surface area contributed by atoms with Crippen molar-refractivity contribution in [2.75, 3.05) is 12.8 Å². The van der Waals surface area contributed by atoms with Crippen molar-refractivity contribution in [1.82, 2.24) is 4.31 Å². The lowest BCUT2D eigenvalue weighted by Crippen LogP contribution is -2.26. The number of sulfonamides is 1. The van der Waals surface area contributed by atoms with Gasteiger partial charge in [-0.15, -0.1) is 0 Å². The summed E-state index contributed by atoms with van der Waals surface area (Å²) in [5, 5.41) is 0.617. The summed E-state index contributed by atoms with van der Waals surface area (Å²) in [7, 11) is -2.04. The third-order valence-corrected chi connectivity index (χ3v) is 5.74. The van der Waals surface area contributed by atoms with Gasteiger partial charge in [-0.3, -0.25) is 0 Å². The number of hydrogen-bond donors (Lipinski definition) is 1. The minimum absolute atomic E-state index is 0.194. The number of benzene rings is 2. The second-order valence-corrected chi connectivity index (χ2v) is 7.91. The summed E-state index contributed by atoms with van der Waals surface area (Å²) in [5.41, 5.74) is 7.03. The number of halogens is 2. The molecule has 0 aliphatic heterocycles. The Labute approximate surface area is 137 Å². The van der Waals surface area contributed by atoms with E-state index in [1.165, 1.54) is 23.5 Å². The zero-order valence-corrected chi connectivity index (χ0v) is 14.4. The quantitative estimate of drug-likeness (QED) is 0.814. The summed E-state index contributed by atoms with van der Waals surface area (Å²) in [4.78, 5) is 0.194. The Hall–Kier alpha value is -1.08. The van der Waals surface area contributed by atoms with Crippen LogP contribution in [0.15, 0.2) is 51.8 Å². The Morgan fingerprint density at radius 1 is 1.19 bits per heavy atom. The molecule has 7 heteroatoms. The smallest absolute Gasteiger partial charge is 0.243 e. The van der Waals surface area contributed by atoms with Crippen LogP contribution in [0.3, 0.4) is 0 Å². The topological polar surface area (TPSA) is 63.4 Å². The van der Waals surface area contributed by atoms with Crippen LogP contribution in [0.4, 0.5) is 5.69 Å². The molecular weight excluding hydrogens is 376 g/mol. The molecule has 0 unspecified atom stereocenters. The first-order chi connectivity index (χ1) is 9.80. The first-order valence-electron chi connectivity index (χ1n) is 6.06. The first kappa shape index (κ1) is 16.3. The molecule has 2 aromatic carbocycles. The SMILES string of the molecule is CN(Cc1ccc(Cl)cc1)S(=O)(=O)c1ccc(N)c(Br)c1. The van der Waals surface area contributed by atoms with Gasteiger partial charge in [-0.1, -0.05) is 23.7 Å². The fourth-order valence-corrected chi connectivity index (χ4v) is 3.62. The van der Waals surface area contributed by atoms with Gasteiger partial charge >= 0.3 is 0 Å². The molecule has 0 saturated carbocycles. The van der Waals surface area contributed by atoms with Crippen LogP contribution in [0.1, 0.15) is 5.56 Å². The highest BCUT2D eigenvalue weighted by Gasteiger charge is 2.21. The van der Waals surface area contributed by atoms with Gasteiger partial charge in [0.25, 0.3) is 0 Å². The van der Waals surface area contributed by atoms with Crippen LogP contribution in [0.5, 0.6) is 0 Å². The molecule has 2 aromatic rings. The highest BCUT2D eigenvalue weighted by Crippen LogP contribution is 2.25. The normalized spacial score (nSPS) is 11.8. The third kappa shape index (κ3) is 3.77. The Morgan fingerprint density at radius 2 is 1.81 bits per heavy atom. The van der Waals surface area contributed by atoms with Crippen LogP contribution in [0.2, 0.25) is 5.02 Å². The Balaban J connectivity index is 2.25. The van der Waals surface area contributed by atoms with E-state index in [0.717, 1.165) is 5.56 Å². The van der Waals surface area contributed by atoms with E-state index in [-0.39, 0.29) is 11.4 Å². The van der Waals surface area contributed by atoms with Crippen LogP contribution in [-0.2, 0) is 16.6 Å². The molecule has 0 aliphatic rings. The number of nitrogens with zero attached hydrogens (tertiary/aromatic N) is 1. The summed E-state index contributed by atoms with van der Waals surface area (Å²) in [6, 6.07) is 11.6. The van der Waals surface area contributed by atoms with Crippen LogP contribution in [0.25, 0.3) is 0 Å². The van der Waals surface area contributed by atoms with Gasteiger partial charge in [-0.2, -0.15) is 4.31 Å². The van der Waals surface area contributed by atoms with Crippen LogP contribution >= 0.6 is 27.5 Å². The standard InChI is InChI=1S/C14H14BrClN2O2S/c1-18(9-10-2-4-11(16)5-3-10)21(19,20)12-6-7-14(17)13(15)8-12/h2-8H,9,17H2,1H3. The Morgan fingerprint density at radius 3 is 2.38 bits per heavy atom. The first-order valence-corrected chi connectivity index (χ1v) is 8.67. The zero-order chi connectivity index (χ0) is 15.6. The molecule has 0 spiro atoms. The molecule has 0 aromatic heterocycles. The lowest BCUT2D eigenvalue weighted by Gasteiger charge is -2.17. The molecule has 2 rings (SSSR count). The highest BCUT2D eigenvalue weighted by molar-refractivity contribution is 9.10. The van der Waals surface area contributed by atoms with Gasteiger partial charge in [0, 0.05) is 28.8 Å². The second-order valence-electron chi connectivity index (χ2n) is 4.57. The van der Waals surface area contributed by atoms with E-state index in [1.807, 2.05) is 0 Å². The number of nitrogen functional groups attached to an aromatic ring is 1. The van der Waals surface area contributed by atoms with E-state index in [9.17, 15) is 8.42 Å². The van der Waals surface area contributed by atoms with Gasteiger partial charge in [0.05, 0.1) is 4.90 Å². The van der Waals surface area contributed by atoms with Crippen molar-refractivity contribution in [2.45, 2.75) is 11.4 Å². The molecule has 0 amide bonds. The van der Waals surface area contributed by atoms with E-state index >= 15 is 0 Å². The lowest BCUT2D eigenvalue weighted by molar-refractivity contribution is 0.466. The molecule has 0 fully saturated rings. The van der Waals surface area contributed by atoms with Gasteiger partial charge in [0.2, 0.25) is 10.0 Å². The summed E-state index contributed by atoms with van der Waals surface area (Å²) in [6.07, 6.45) is 0. The maximum Gasteiger partial charge on any atom is 0.243 e. The molecular formula is C14H14BrClN2O2S. The molecule has 21 heavy (non-hydrogen) atoms. The number of rotatable bonds is 4. The minimum atomic E-state index is -3.57. The molecule has 4 nitrogen and oxygen atoms in total. The molecule has 0 bridgehead atoms. The van der Waals surface area contributed by atoms with Crippen molar-refractivity contribution >= 4 is 43.2 Å². The van der Waals surface area contributed by atoms with Gasteiger partial charge in [-0.05, 0) is 51.8 Å². The molecule has 0 atom stereocenters. The Bertz CT molecular complexity index is 748. The molecule has 0 saturated heterocycles. The van der Waals surface area contributed by atoms with E-state index in [0.29, 0.717) is 15.2 Å². The van der Waals surface area contributed by atoms with Crippen molar-refractivity contribution in [1.29, 1.82) is 0 Å². The molecule has 0 heterocycles. The van der Waals surface area contributed by atoms with Crippen molar-refractivity contribution in [3.63, 3.8) is 0 Å². The van der Waals surface area contributed by atoms with E-state index in [4.69, 9.17) is 17.3 Å². The molecule has 2 N–H and O–H groups in total. The maximum atomic E-state index is 12.5. The van der Waals surface area contributed by atoms with E-state index < -0.39 is 10.0 Å². The lowest BCUT2D eigenvalue weighted by atomic mass is 10.2. The van der Waals surface area contributed by atoms with Crippen LogP contribution in [-0.4, -0.2) is 19.8 Å². The molecule has 112 valence electrons. The fraction of sp³-hybridized carbons (Fsp3) is 0.143. The number of hydrogen-bond acceptors (Lipinski definition) is 3. The molecule has 0 radical (unpaired) electrons. The monoisotopic (exact) mass is 388 g/mol. The van der Waals surface area contributed by atoms with Gasteiger partial charge < -0.3 is 5.73 Å². The summed E-state index contributed by atoms with van der Waals surface area (Å²) >= 11 is 9.06. The molecule has 0 aliphatic carbocycles. The Kier molecular flexibility index (Phi) is 4.93. The summed E-state index contributed by atoms with van der Waals surface area (Å²) in [6.45, 7) is 0.265. The average molecular weight is 390 g/mol. The van der Waals surface area contributed by atoms with Crippen molar-refractivity contribution in [2.24, 2.45) is 0 Å². The largest absolute Gasteiger partial charge is 0.398 e. The van der Waals surface area contributed by atoms with Crippen LogP contribution < -0.4 is 5.73 Å². The van der Waals surface area contributed by atoms with Crippen molar-refractivity contribution < 1.29 is 8.42 Å². The zero-order valence-electron chi connectivity index (χ0n) is 11.3. The summed E-state index contributed by atoms with van der Waals surface area (Å²) < 4.78 is 26.9.